The lowest BCUT2D eigenvalue weighted by Gasteiger charge is -2.05. The van der Waals surface area contributed by atoms with Gasteiger partial charge in [-0.3, -0.25) is 0 Å². The van der Waals surface area contributed by atoms with Crippen LogP contribution in [0, 0.1) is 6.92 Å². The number of oxazole rings is 1. The molecule has 5 nitrogen and oxygen atoms in total. The quantitative estimate of drug-likeness (QED) is 0.425. The van der Waals surface area contributed by atoms with E-state index in [1.807, 2.05) is 43.3 Å². The van der Waals surface area contributed by atoms with Crippen molar-refractivity contribution in [1.29, 1.82) is 0 Å². The lowest BCUT2D eigenvalue weighted by Crippen LogP contribution is -1.99. The number of hydrogen-bond acceptors (Lipinski definition) is 6. The zero-order valence-electron chi connectivity index (χ0n) is 14.5. The standard InChI is InChI=1S/C19H18N4OS2/c1-3-23-17(16-10-7-11-25-16)21-22-19(23)26-12-15-13(2)24-18(20-15)14-8-5-4-6-9-14/h4-11H,3,12H2,1-2H3. The van der Waals surface area contributed by atoms with Gasteiger partial charge in [-0.05, 0) is 37.4 Å². The third-order valence-electron chi connectivity index (χ3n) is 4.03. The van der Waals surface area contributed by atoms with E-state index in [2.05, 4.69) is 38.1 Å². The Bertz CT molecular complexity index is 990. The molecule has 0 radical (unpaired) electrons. The highest BCUT2D eigenvalue weighted by Crippen LogP contribution is 2.30. The molecule has 26 heavy (non-hydrogen) atoms. The van der Waals surface area contributed by atoms with E-state index in [4.69, 9.17) is 4.42 Å². The lowest BCUT2D eigenvalue weighted by atomic mass is 10.2. The Labute approximate surface area is 160 Å². The van der Waals surface area contributed by atoms with Crippen LogP contribution >= 0.6 is 23.1 Å². The molecule has 3 aromatic heterocycles. The van der Waals surface area contributed by atoms with E-state index >= 15 is 0 Å². The molecule has 0 N–H and O–H groups in total. The molecule has 3 heterocycles. The van der Waals surface area contributed by atoms with E-state index in [1.54, 1.807) is 23.1 Å². The number of thiophene rings is 1. The van der Waals surface area contributed by atoms with Crippen LogP contribution in [-0.2, 0) is 12.3 Å². The van der Waals surface area contributed by atoms with Crippen LogP contribution in [0.2, 0.25) is 0 Å². The molecule has 4 aromatic rings. The minimum absolute atomic E-state index is 0.662. The van der Waals surface area contributed by atoms with Crippen molar-refractivity contribution in [2.24, 2.45) is 0 Å². The summed E-state index contributed by atoms with van der Waals surface area (Å²) in [5, 5.41) is 11.7. The fourth-order valence-electron chi connectivity index (χ4n) is 2.67. The maximum absolute atomic E-state index is 5.84. The van der Waals surface area contributed by atoms with Crippen LogP contribution in [0.3, 0.4) is 0 Å². The molecule has 0 aliphatic heterocycles. The summed E-state index contributed by atoms with van der Waals surface area (Å²) in [5.41, 5.74) is 1.93. The zero-order valence-corrected chi connectivity index (χ0v) is 16.2. The molecule has 0 bridgehead atoms. The highest BCUT2D eigenvalue weighted by atomic mass is 32.2. The Morgan fingerprint density at radius 3 is 2.69 bits per heavy atom. The average molecular weight is 383 g/mol. The molecule has 0 fully saturated rings. The second kappa shape index (κ2) is 7.47. The summed E-state index contributed by atoms with van der Waals surface area (Å²) in [6.07, 6.45) is 0. The minimum Gasteiger partial charge on any atom is -0.441 e. The fourth-order valence-corrected chi connectivity index (χ4v) is 4.39. The van der Waals surface area contributed by atoms with Crippen molar-refractivity contribution in [2.75, 3.05) is 0 Å². The second-order valence-electron chi connectivity index (χ2n) is 5.70. The smallest absolute Gasteiger partial charge is 0.226 e. The molecule has 0 aliphatic carbocycles. The molecular formula is C19H18N4OS2. The van der Waals surface area contributed by atoms with E-state index in [9.17, 15) is 0 Å². The Balaban J connectivity index is 1.54. The van der Waals surface area contributed by atoms with Gasteiger partial charge in [0, 0.05) is 17.9 Å². The van der Waals surface area contributed by atoms with Crippen molar-refractivity contribution in [3.05, 3.63) is 59.3 Å². The van der Waals surface area contributed by atoms with Gasteiger partial charge in [0.05, 0.1) is 10.6 Å². The molecule has 0 atom stereocenters. The average Bonchev–Trinajstić information content (AvgIpc) is 3.40. The van der Waals surface area contributed by atoms with E-state index in [-0.39, 0.29) is 0 Å². The predicted molar refractivity (Wildman–Crippen MR) is 105 cm³/mol. The number of aromatic nitrogens is 4. The van der Waals surface area contributed by atoms with Gasteiger partial charge in [0.25, 0.3) is 0 Å². The number of rotatable bonds is 6. The largest absolute Gasteiger partial charge is 0.441 e. The van der Waals surface area contributed by atoms with Gasteiger partial charge in [0.1, 0.15) is 5.76 Å². The second-order valence-corrected chi connectivity index (χ2v) is 7.59. The van der Waals surface area contributed by atoms with E-state index in [1.165, 1.54) is 0 Å². The van der Waals surface area contributed by atoms with Crippen molar-refractivity contribution >= 4 is 23.1 Å². The Kier molecular flexibility index (Phi) is 4.90. The van der Waals surface area contributed by atoms with Gasteiger partial charge in [-0.2, -0.15) is 0 Å². The first-order valence-corrected chi connectivity index (χ1v) is 10.2. The van der Waals surface area contributed by atoms with Gasteiger partial charge in [-0.1, -0.05) is 36.0 Å². The van der Waals surface area contributed by atoms with Gasteiger partial charge in [-0.25, -0.2) is 4.98 Å². The molecule has 0 spiro atoms. The molecule has 0 saturated carbocycles. The molecule has 0 aliphatic rings. The van der Waals surface area contributed by atoms with Crippen LogP contribution in [0.1, 0.15) is 18.4 Å². The lowest BCUT2D eigenvalue weighted by molar-refractivity contribution is 0.540. The SMILES string of the molecule is CCn1c(SCc2nc(-c3ccccc3)oc2C)nnc1-c1cccs1. The molecule has 4 rings (SSSR count). The zero-order chi connectivity index (χ0) is 17.9. The first kappa shape index (κ1) is 17.1. The summed E-state index contributed by atoms with van der Waals surface area (Å²) in [6.45, 7) is 4.89. The van der Waals surface area contributed by atoms with Crippen molar-refractivity contribution < 1.29 is 4.42 Å². The minimum atomic E-state index is 0.662. The number of nitrogens with zero attached hydrogens (tertiary/aromatic N) is 4. The van der Waals surface area contributed by atoms with Gasteiger partial charge in [0.2, 0.25) is 5.89 Å². The molecule has 0 unspecified atom stereocenters. The highest BCUT2D eigenvalue weighted by Gasteiger charge is 2.16. The Morgan fingerprint density at radius 1 is 1.12 bits per heavy atom. The van der Waals surface area contributed by atoms with Crippen LogP contribution in [0.25, 0.3) is 22.2 Å². The highest BCUT2D eigenvalue weighted by molar-refractivity contribution is 7.98. The van der Waals surface area contributed by atoms with Crippen molar-refractivity contribution in [3.8, 4) is 22.2 Å². The number of aryl methyl sites for hydroxylation is 1. The first-order valence-electron chi connectivity index (χ1n) is 8.38. The maximum Gasteiger partial charge on any atom is 0.226 e. The van der Waals surface area contributed by atoms with E-state index in [0.29, 0.717) is 11.6 Å². The summed E-state index contributed by atoms with van der Waals surface area (Å²) in [7, 11) is 0. The predicted octanol–water partition coefficient (Wildman–Crippen LogP) is 5.28. The summed E-state index contributed by atoms with van der Waals surface area (Å²) >= 11 is 3.31. The normalized spacial score (nSPS) is 11.2. The first-order chi connectivity index (χ1) is 12.8. The van der Waals surface area contributed by atoms with Gasteiger partial charge >= 0.3 is 0 Å². The molecule has 7 heteroatoms. The number of thioether (sulfide) groups is 1. The van der Waals surface area contributed by atoms with Crippen LogP contribution in [0.15, 0.2) is 57.4 Å². The third-order valence-corrected chi connectivity index (χ3v) is 5.87. The van der Waals surface area contributed by atoms with Crippen molar-refractivity contribution in [1.82, 2.24) is 19.7 Å². The fraction of sp³-hybridized carbons (Fsp3) is 0.211. The van der Waals surface area contributed by atoms with Crippen molar-refractivity contribution in [3.63, 3.8) is 0 Å². The Hall–Kier alpha value is -2.38. The van der Waals surface area contributed by atoms with Crippen molar-refractivity contribution in [2.45, 2.75) is 31.3 Å². The van der Waals surface area contributed by atoms with Crippen LogP contribution in [0.4, 0.5) is 0 Å². The van der Waals surface area contributed by atoms with E-state index in [0.717, 1.165) is 39.4 Å². The maximum atomic E-state index is 5.84. The summed E-state index contributed by atoms with van der Waals surface area (Å²) in [5.74, 6) is 3.13. The summed E-state index contributed by atoms with van der Waals surface area (Å²) in [6, 6.07) is 14.1. The molecule has 1 aromatic carbocycles. The molecule has 132 valence electrons. The molecule has 0 saturated heterocycles. The van der Waals surface area contributed by atoms with Crippen LogP contribution < -0.4 is 0 Å². The van der Waals surface area contributed by atoms with Gasteiger partial charge in [-0.15, -0.1) is 21.5 Å². The summed E-state index contributed by atoms with van der Waals surface area (Å²) < 4.78 is 7.99. The molecule has 0 amide bonds. The van der Waals surface area contributed by atoms with Crippen LogP contribution in [0.5, 0.6) is 0 Å². The van der Waals surface area contributed by atoms with E-state index < -0.39 is 0 Å². The molecular weight excluding hydrogens is 364 g/mol. The topological polar surface area (TPSA) is 56.7 Å². The number of benzene rings is 1. The number of hydrogen-bond donors (Lipinski definition) is 0. The monoisotopic (exact) mass is 382 g/mol. The van der Waals surface area contributed by atoms with Gasteiger partial charge < -0.3 is 8.98 Å². The third kappa shape index (κ3) is 3.32. The summed E-state index contributed by atoms with van der Waals surface area (Å²) in [4.78, 5) is 5.80. The Morgan fingerprint density at radius 2 is 1.96 bits per heavy atom. The van der Waals surface area contributed by atoms with Crippen LogP contribution in [-0.4, -0.2) is 19.7 Å². The van der Waals surface area contributed by atoms with Gasteiger partial charge in [0.15, 0.2) is 11.0 Å².